The maximum atomic E-state index is 12.4. The Hall–Kier alpha value is -1.61. The topological polar surface area (TPSA) is 69.7 Å². The van der Waals surface area contributed by atoms with Crippen LogP contribution < -0.4 is 0 Å². The number of carbonyl (C=O) groups is 1. The second kappa shape index (κ2) is 7.10. The Morgan fingerprint density at radius 2 is 1.71 bits per heavy atom. The van der Waals surface area contributed by atoms with Crippen molar-refractivity contribution in [3.05, 3.63) is 35.9 Å². The molecule has 5 nitrogen and oxygen atoms in total. The van der Waals surface area contributed by atoms with Crippen LogP contribution in [0.15, 0.2) is 30.3 Å². The fraction of sp³-hybridized carbons (Fsp3) is 0.533. The van der Waals surface area contributed by atoms with Gasteiger partial charge < -0.3 is 4.74 Å². The molecule has 0 atom stereocenters. The number of rotatable bonds is 6. The van der Waals surface area contributed by atoms with E-state index >= 15 is 0 Å². The summed E-state index contributed by atoms with van der Waals surface area (Å²) in [5.41, 5.74) is -6.14. The molecule has 0 heterocycles. The maximum Gasteiger partial charge on any atom is 0.523 e. The summed E-state index contributed by atoms with van der Waals surface area (Å²) in [7, 11) is -5.73. The lowest BCUT2D eigenvalue weighted by Gasteiger charge is -2.26. The van der Waals surface area contributed by atoms with Crippen LogP contribution in [-0.4, -0.2) is 26.5 Å². The molecule has 24 heavy (non-hydrogen) atoms. The number of esters is 1. The first-order valence-corrected chi connectivity index (χ1v) is 8.74. The van der Waals surface area contributed by atoms with Gasteiger partial charge in [-0.1, -0.05) is 43.2 Å². The molecule has 0 N–H and O–H groups in total. The van der Waals surface area contributed by atoms with Crippen molar-refractivity contribution >= 4 is 16.1 Å². The lowest BCUT2D eigenvalue weighted by Crippen LogP contribution is -2.38. The predicted molar refractivity (Wildman–Crippen MR) is 78.1 cm³/mol. The van der Waals surface area contributed by atoms with Crippen molar-refractivity contribution in [3.8, 4) is 0 Å². The smallest absolute Gasteiger partial charge is 0.460 e. The zero-order chi connectivity index (χ0) is 17.8. The van der Waals surface area contributed by atoms with E-state index in [2.05, 4.69) is 4.18 Å². The Balaban J connectivity index is 2.03. The number of alkyl halides is 3. The third-order valence-corrected chi connectivity index (χ3v) is 4.98. The zero-order valence-corrected chi connectivity index (χ0v) is 13.5. The molecule has 1 aliphatic carbocycles. The molecule has 0 aromatic heterocycles. The van der Waals surface area contributed by atoms with Crippen molar-refractivity contribution < 1.29 is 35.3 Å². The summed E-state index contributed by atoms with van der Waals surface area (Å²) < 4.78 is 68.5. The molecule has 1 saturated carbocycles. The number of hydrogen-bond acceptors (Lipinski definition) is 5. The average Bonchev–Trinajstić information content (AvgIpc) is 3.01. The van der Waals surface area contributed by atoms with Crippen LogP contribution >= 0.6 is 0 Å². The van der Waals surface area contributed by atoms with Crippen LogP contribution in [0, 0.1) is 5.41 Å². The van der Waals surface area contributed by atoms with Crippen LogP contribution in [0.25, 0.3) is 0 Å². The van der Waals surface area contributed by atoms with Gasteiger partial charge in [0.05, 0.1) is 12.0 Å². The molecule has 0 aliphatic heterocycles. The Morgan fingerprint density at radius 3 is 2.25 bits per heavy atom. The summed E-state index contributed by atoms with van der Waals surface area (Å²) in [5.74, 6) is -0.735. The average molecular weight is 366 g/mol. The molecule has 2 rings (SSSR count). The Labute approximate surface area is 137 Å². The number of carbonyl (C=O) groups excluding carboxylic acids is 1. The van der Waals surface area contributed by atoms with E-state index in [0.717, 1.165) is 5.56 Å². The summed E-state index contributed by atoms with van der Waals surface area (Å²) >= 11 is 0. The highest BCUT2D eigenvalue weighted by Crippen LogP contribution is 2.41. The fourth-order valence-corrected chi connectivity index (χ4v) is 3.11. The second-order valence-electron chi connectivity index (χ2n) is 5.71. The normalized spacial score (nSPS) is 17.6. The molecule has 0 amide bonds. The van der Waals surface area contributed by atoms with Crippen molar-refractivity contribution in [1.82, 2.24) is 0 Å². The van der Waals surface area contributed by atoms with Gasteiger partial charge in [0, 0.05) is 0 Å². The van der Waals surface area contributed by atoms with Gasteiger partial charge in [0.15, 0.2) is 0 Å². The van der Waals surface area contributed by atoms with E-state index in [1.54, 1.807) is 30.3 Å². The molecule has 0 spiro atoms. The summed E-state index contributed by atoms with van der Waals surface area (Å²) in [4.78, 5) is 12.3. The summed E-state index contributed by atoms with van der Waals surface area (Å²) in [6.07, 6.45) is 1.65. The SMILES string of the molecule is O=C(OCc1ccccc1)C1(COS(=O)(=O)C(F)(F)F)CCCC1. The number of benzene rings is 1. The van der Waals surface area contributed by atoms with E-state index in [0.29, 0.717) is 12.8 Å². The molecule has 0 bridgehead atoms. The van der Waals surface area contributed by atoms with E-state index in [-0.39, 0.29) is 19.4 Å². The standard InChI is InChI=1S/C15H17F3O5S/c16-15(17,18)24(20,21)23-11-14(8-4-5-9-14)13(19)22-10-12-6-2-1-3-7-12/h1-3,6-7H,4-5,8-11H2. The van der Waals surface area contributed by atoms with Gasteiger partial charge in [0.2, 0.25) is 0 Å². The van der Waals surface area contributed by atoms with Gasteiger partial charge in [-0.05, 0) is 18.4 Å². The highest BCUT2D eigenvalue weighted by atomic mass is 32.2. The molecule has 1 aromatic rings. The Morgan fingerprint density at radius 1 is 1.12 bits per heavy atom. The first-order chi connectivity index (χ1) is 11.2. The lowest BCUT2D eigenvalue weighted by atomic mass is 9.87. The van der Waals surface area contributed by atoms with Gasteiger partial charge in [0.25, 0.3) is 0 Å². The molecule has 1 aromatic carbocycles. The van der Waals surface area contributed by atoms with Crippen LogP contribution in [0.2, 0.25) is 0 Å². The largest absolute Gasteiger partial charge is 0.523 e. The van der Waals surface area contributed by atoms with Crippen molar-refractivity contribution in [2.75, 3.05) is 6.61 Å². The lowest BCUT2D eigenvalue weighted by molar-refractivity contribution is -0.159. The molecular weight excluding hydrogens is 349 g/mol. The van der Waals surface area contributed by atoms with Crippen LogP contribution in [0.5, 0.6) is 0 Å². The molecule has 1 fully saturated rings. The quantitative estimate of drug-likeness (QED) is 0.439. The number of ether oxygens (including phenoxy) is 1. The summed E-state index contributed by atoms with van der Waals surface area (Å²) in [5, 5.41) is 0. The minimum atomic E-state index is -5.73. The van der Waals surface area contributed by atoms with Crippen LogP contribution in [0.3, 0.4) is 0 Å². The van der Waals surface area contributed by atoms with Crippen LogP contribution in [0.1, 0.15) is 31.2 Å². The third-order valence-electron chi connectivity index (χ3n) is 3.98. The summed E-state index contributed by atoms with van der Waals surface area (Å²) in [6, 6.07) is 8.78. The molecule has 9 heteroatoms. The molecule has 134 valence electrons. The number of hydrogen-bond donors (Lipinski definition) is 0. The molecule has 0 saturated heterocycles. The highest BCUT2D eigenvalue weighted by molar-refractivity contribution is 7.87. The fourth-order valence-electron chi connectivity index (χ4n) is 2.59. The van der Waals surface area contributed by atoms with Gasteiger partial charge in [-0.25, -0.2) is 0 Å². The monoisotopic (exact) mass is 366 g/mol. The van der Waals surface area contributed by atoms with E-state index in [1.807, 2.05) is 0 Å². The van der Waals surface area contributed by atoms with Crippen molar-refractivity contribution in [2.45, 2.75) is 37.8 Å². The first-order valence-electron chi connectivity index (χ1n) is 7.33. The molecular formula is C15H17F3O5S. The second-order valence-corrected chi connectivity index (χ2v) is 7.32. The molecule has 0 unspecified atom stereocenters. The van der Waals surface area contributed by atoms with Crippen molar-refractivity contribution in [3.63, 3.8) is 0 Å². The van der Waals surface area contributed by atoms with Crippen molar-refractivity contribution in [1.29, 1.82) is 0 Å². The minimum absolute atomic E-state index is 0.0343. The van der Waals surface area contributed by atoms with Gasteiger partial charge in [-0.3, -0.25) is 8.98 Å². The van der Waals surface area contributed by atoms with E-state index in [9.17, 15) is 26.4 Å². The van der Waals surface area contributed by atoms with Gasteiger partial charge in [-0.15, -0.1) is 0 Å². The Bertz CT molecular complexity index is 664. The van der Waals surface area contributed by atoms with E-state index in [1.165, 1.54) is 0 Å². The van der Waals surface area contributed by atoms with Crippen LogP contribution in [0.4, 0.5) is 13.2 Å². The molecule has 0 radical (unpaired) electrons. The third kappa shape index (κ3) is 4.27. The molecule has 1 aliphatic rings. The first kappa shape index (κ1) is 18.7. The summed E-state index contributed by atoms with van der Waals surface area (Å²) in [6.45, 7) is -0.893. The highest BCUT2D eigenvalue weighted by Gasteiger charge is 2.51. The predicted octanol–water partition coefficient (Wildman–Crippen LogP) is 3.16. The van der Waals surface area contributed by atoms with Gasteiger partial charge in [0.1, 0.15) is 6.61 Å². The van der Waals surface area contributed by atoms with E-state index < -0.39 is 33.6 Å². The van der Waals surface area contributed by atoms with Crippen LogP contribution in [-0.2, 0) is 30.4 Å². The zero-order valence-electron chi connectivity index (χ0n) is 12.7. The maximum absolute atomic E-state index is 12.4. The minimum Gasteiger partial charge on any atom is -0.460 e. The van der Waals surface area contributed by atoms with E-state index in [4.69, 9.17) is 4.74 Å². The number of halogens is 3. The van der Waals surface area contributed by atoms with Crippen molar-refractivity contribution in [2.24, 2.45) is 5.41 Å². The Kier molecular flexibility index (Phi) is 5.54. The van der Waals surface area contributed by atoms with Gasteiger partial charge >= 0.3 is 21.6 Å². The van der Waals surface area contributed by atoms with Gasteiger partial charge in [-0.2, -0.15) is 21.6 Å².